The first-order chi connectivity index (χ1) is 16.9. The molecule has 5 aromatic rings. The summed E-state index contributed by atoms with van der Waals surface area (Å²) in [7, 11) is 0. The van der Waals surface area contributed by atoms with Crippen LogP contribution in [0.25, 0.3) is 21.2 Å². The molecule has 0 fully saturated rings. The molecule has 2 aromatic heterocycles. The molecule has 6 rings (SSSR count). The number of ether oxygens (including phenoxy) is 1. The zero-order valence-electron chi connectivity index (χ0n) is 18.9. The zero-order chi connectivity index (χ0) is 24.3. The lowest BCUT2D eigenvalue weighted by Crippen LogP contribution is -2.29. The number of carbonyl (C=O) groups is 1. The number of hydrogen-bond acceptors (Lipinski definition) is 6. The van der Waals surface area contributed by atoms with Crippen molar-refractivity contribution in [3.05, 3.63) is 99.2 Å². The quantitative estimate of drug-likeness (QED) is 0.312. The first-order valence-corrected chi connectivity index (χ1v) is 12.0. The third kappa shape index (κ3) is 3.40. The third-order valence-corrected chi connectivity index (χ3v) is 7.07. The first-order valence-electron chi connectivity index (χ1n) is 11.1. The van der Waals surface area contributed by atoms with Gasteiger partial charge in [0.25, 0.3) is 5.91 Å². The van der Waals surface area contributed by atoms with Gasteiger partial charge in [0, 0.05) is 0 Å². The highest BCUT2D eigenvalue weighted by Crippen LogP contribution is 2.44. The van der Waals surface area contributed by atoms with Crippen molar-refractivity contribution in [1.82, 2.24) is 4.98 Å². The second-order valence-corrected chi connectivity index (χ2v) is 9.37. The van der Waals surface area contributed by atoms with Crippen molar-refractivity contribution in [2.75, 3.05) is 11.5 Å². The number of halogens is 1. The van der Waals surface area contributed by atoms with Crippen LogP contribution in [0.2, 0.25) is 0 Å². The number of anilines is 1. The summed E-state index contributed by atoms with van der Waals surface area (Å²) in [4.78, 5) is 33.6. The van der Waals surface area contributed by atoms with Crippen LogP contribution < -0.4 is 15.1 Å². The Morgan fingerprint density at radius 1 is 1.11 bits per heavy atom. The van der Waals surface area contributed by atoms with Crippen LogP contribution in [0.5, 0.6) is 5.75 Å². The number of hydrogen-bond donors (Lipinski definition) is 0. The van der Waals surface area contributed by atoms with E-state index in [0.717, 1.165) is 21.8 Å². The molecule has 1 atom stereocenters. The Morgan fingerprint density at radius 3 is 2.80 bits per heavy atom. The minimum absolute atomic E-state index is 0.0589. The molecule has 0 radical (unpaired) electrons. The Bertz CT molecular complexity index is 1710. The van der Waals surface area contributed by atoms with Gasteiger partial charge >= 0.3 is 0 Å². The zero-order valence-corrected chi connectivity index (χ0v) is 19.7. The fraction of sp³-hybridized carbons (Fsp3) is 0.148. The molecule has 3 aromatic carbocycles. The predicted molar refractivity (Wildman–Crippen MR) is 133 cm³/mol. The van der Waals surface area contributed by atoms with Gasteiger partial charge in [-0.2, -0.15) is 0 Å². The summed E-state index contributed by atoms with van der Waals surface area (Å²) < 4.78 is 26.5. The maximum absolute atomic E-state index is 14.0. The normalized spacial score (nSPS) is 15.2. The lowest BCUT2D eigenvalue weighted by Gasteiger charge is -2.23. The van der Waals surface area contributed by atoms with Gasteiger partial charge in [0.15, 0.2) is 10.6 Å². The van der Waals surface area contributed by atoms with E-state index >= 15 is 0 Å². The standard InChI is InChI=1S/C27H19FN2O4S/c1-3-33-17-6-4-5-15(12-17)23-22-24(31)18-13-16(28)8-10-20(18)34-25(22)26(32)30(23)27-29-19-9-7-14(2)11-21(19)35-27/h4-13,23H,3H2,1-2H3. The molecule has 0 bridgehead atoms. The summed E-state index contributed by atoms with van der Waals surface area (Å²) in [5.74, 6) is -0.466. The molecule has 0 N–H and O–H groups in total. The first kappa shape index (κ1) is 21.5. The molecular weight excluding hydrogens is 467 g/mol. The molecule has 6 nitrogen and oxygen atoms in total. The summed E-state index contributed by atoms with van der Waals surface area (Å²) in [6.07, 6.45) is 0. The number of thiazole rings is 1. The van der Waals surface area contributed by atoms with Crippen molar-refractivity contribution in [1.29, 1.82) is 0 Å². The van der Waals surface area contributed by atoms with Gasteiger partial charge in [-0.25, -0.2) is 9.37 Å². The summed E-state index contributed by atoms with van der Waals surface area (Å²) in [6.45, 7) is 4.34. The Morgan fingerprint density at radius 2 is 1.97 bits per heavy atom. The molecule has 174 valence electrons. The van der Waals surface area contributed by atoms with Crippen LogP contribution in [0.4, 0.5) is 9.52 Å². The summed E-state index contributed by atoms with van der Waals surface area (Å²) in [5, 5.41) is 0.535. The lowest BCUT2D eigenvalue weighted by molar-refractivity contribution is 0.0971. The van der Waals surface area contributed by atoms with Gasteiger partial charge in [0.1, 0.15) is 17.1 Å². The van der Waals surface area contributed by atoms with Crippen molar-refractivity contribution in [3.8, 4) is 5.75 Å². The Hall–Kier alpha value is -4.04. The monoisotopic (exact) mass is 486 g/mol. The van der Waals surface area contributed by atoms with Crippen molar-refractivity contribution < 1.29 is 18.3 Å². The number of benzene rings is 3. The number of carbonyl (C=O) groups excluding carboxylic acids is 1. The van der Waals surface area contributed by atoms with Crippen LogP contribution >= 0.6 is 11.3 Å². The number of aromatic nitrogens is 1. The minimum Gasteiger partial charge on any atom is -0.494 e. The van der Waals surface area contributed by atoms with Crippen molar-refractivity contribution >= 4 is 43.6 Å². The van der Waals surface area contributed by atoms with Crippen molar-refractivity contribution in [2.45, 2.75) is 19.9 Å². The molecule has 0 saturated heterocycles. The third-order valence-electron chi connectivity index (χ3n) is 6.06. The highest BCUT2D eigenvalue weighted by Gasteiger charge is 2.45. The van der Waals surface area contributed by atoms with E-state index in [4.69, 9.17) is 14.1 Å². The van der Waals surface area contributed by atoms with Crippen molar-refractivity contribution in [3.63, 3.8) is 0 Å². The van der Waals surface area contributed by atoms with Gasteiger partial charge < -0.3 is 9.15 Å². The summed E-state index contributed by atoms with van der Waals surface area (Å²) in [5.41, 5.74) is 2.38. The molecule has 1 aliphatic heterocycles. The van der Waals surface area contributed by atoms with Gasteiger partial charge in [-0.1, -0.05) is 29.5 Å². The van der Waals surface area contributed by atoms with Gasteiger partial charge in [-0.05, 0) is 67.4 Å². The van der Waals surface area contributed by atoms with E-state index in [0.29, 0.717) is 23.1 Å². The average Bonchev–Trinajstić information content (AvgIpc) is 3.38. The SMILES string of the molecule is CCOc1cccc(C2c3c(oc4ccc(F)cc4c3=O)C(=O)N2c2nc3ccc(C)cc3s2)c1. The smallest absolute Gasteiger partial charge is 0.297 e. The Labute approximate surface area is 203 Å². The van der Waals surface area contributed by atoms with E-state index < -0.39 is 23.2 Å². The topological polar surface area (TPSA) is 72.6 Å². The molecule has 0 aliphatic carbocycles. The number of rotatable bonds is 4. The average molecular weight is 487 g/mol. The molecule has 0 spiro atoms. The van der Waals surface area contributed by atoms with E-state index in [1.165, 1.54) is 28.4 Å². The van der Waals surface area contributed by atoms with E-state index in [9.17, 15) is 14.0 Å². The minimum atomic E-state index is -0.802. The number of nitrogens with zero attached hydrogens (tertiary/aromatic N) is 2. The molecule has 1 unspecified atom stereocenters. The summed E-state index contributed by atoms with van der Waals surface area (Å²) in [6, 6.07) is 16.0. The van der Waals surface area contributed by atoms with Crippen LogP contribution in [0.1, 0.15) is 40.2 Å². The molecule has 0 saturated carbocycles. The summed E-state index contributed by atoms with van der Waals surface area (Å²) >= 11 is 1.37. The highest BCUT2D eigenvalue weighted by molar-refractivity contribution is 7.22. The van der Waals surface area contributed by atoms with E-state index in [-0.39, 0.29) is 22.3 Å². The molecule has 1 amide bonds. The van der Waals surface area contributed by atoms with Gasteiger partial charge in [0.2, 0.25) is 5.76 Å². The van der Waals surface area contributed by atoms with E-state index in [1.54, 1.807) is 6.07 Å². The fourth-order valence-corrected chi connectivity index (χ4v) is 5.61. The highest BCUT2D eigenvalue weighted by atomic mass is 32.1. The maximum atomic E-state index is 14.0. The predicted octanol–water partition coefficient (Wildman–Crippen LogP) is 6.00. The molecular formula is C27H19FN2O4S. The number of amides is 1. The van der Waals surface area contributed by atoms with Crippen LogP contribution in [0.15, 0.2) is 69.9 Å². The number of aryl methyl sites for hydroxylation is 1. The maximum Gasteiger partial charge on any atom is 0.297 e. The van der Waals surface area contributed by atoms with Gasteiger partial charge in [-0.15, -0.1) is 0 Å². The fourth-order valence-electron chi connectivity index (χ4n) is 4.52. The van der Waals surface area contributed by atoms with Crippen LogP contribution in [-0.4, -0.2) is 17.5 Å². The second kappa shape index (κ2) is 8.02. The Balaban J connectivity index is 1.63. The lowest BCUT2D eigenvalue weighted by atomic mass is 9.98. The van der Waals surface area contributed by atoms with E-state index in [2.05, 4.69) is 0 Å². The molecule has 1 aliphatic rings. The van der Waals surface area contributed by atoms with Crippen LogP contribution in [0.3, 0.4) is 0 Å². The molecule has 3 heterocycles. The Kier molecular flexibility index (Phi) is 4.93. The van der Waals surface area contributed by atoms with Crippen LogP contribution in [-0.2, 0) is 0 Å². The van der Waals surface area contributed by atoms with E-state index in [1.807, 2.05) is 50.2 Å². The molecule has 35 heavy (non-hydrogen) atoms. The van der Waals surface area contributed by atoms with Crippen molar-refractivity contribution in [2.24, 2.45) is 0 Å². The van der Waals surface area contributed by atoms with Gasteiger partial charge in [-0.3, -0.25) is 14.5 Å². The van der Waals surface area contributed by atoms with Gasteiger partial charge in [0.05, 0.1) is 33.8 Å². The van der Waals surface area contributed by atoms with Crippen LogP contribution in [0, 0.1) is 12.7 Å². The number of fused-ring (bicyclic) bond motifs is 3. The second-order valence-electron chi connectivity index (χ2n) is 8.37. The molecule has 8 heteroatoms. The largest absolute Gasteiger partial charge is 0.494 e.